The number of aliphatic imine (C=N–C) groups is 6. The molecule has 0 heterocycles. The van der Waals surface area contributed by atoms with Gasteiger partial charge in [0.2, 0.25) is 0 Å². The summed E-state index contributed by atoms with van der Waals surface area (Å²) < 4.78 is 32.0. The van der Waals surface area contributed by atoms with E-state index in [0.29, 0.717) is 35.7 Å². The minimum Gasteiger partial charge on any atom is -0.462 e. The van der Waals surface area contributed by atoms with Gasteiger partial charge in [0.1, 0.15) is 32.2 Å². The fourth-order valence-electron chi connectivity index (χ4n) is 7.14. The molecule has 0 saturated carbocycles. The number of ether oxygens (including phenoxy) is 6. The maximum Gasteiger partial charge on any atom is 0.306 e. The van der Waals surface area contributed by atoms with E-state index < -0.39 is 159 Å². The lowest BCUT2D eigenvalue weighted by Crippen LogP contribution is -2.52. The van der Waals surface area contributed by atoms with Gasteiger partial charge in [0, 0.05) is 81.1 Å². The van der Waals surface area contributed by atoms with Crippen LogP contribution in [0.4, 0.5) is 0 Å². The van der Waals surface area contributed by atoms with Crippen molar-refractivity contribution in [1.29, 1.82) is 0 Å². The maximum absolute atomic E-state index is 13.0. The molecule has 0 bridgehead atoms. The number of nitrogens with two attached hydrogens (primary N) is 2. The molecular formula is C56H89N11O20. The normalized spacial score (nSPS) is 14.5. The highest BCUT2D eigenvalue weighted by Crippen LogP contribution is 2.19. The van der Waals surface area contributed by atoms with E-state index in [-0.39, 0.29) is 83.1 Å². The maximum atomic E-state index is 13.0. The van der Waals surface area contributed by atoms with Crippen LogP contribution in [0.1, 0.15) is 144 Å². The second kappa shape index (κ2) is 43.8. The molecule has 31 heteroatoms. The summed E-state index contributed by atoms with van der Waals surface area (Å²) in [7, 11) is 6.21. The fraction of sp³-hybridized carbons (Fsp3) is 0.679. The molecule has 87 heavy (non-hydrogen) atoms. The molecule has 0 saturated heterocycles. The highest BCUT2D eigenvalue weighted by atomic mass is 16.6. The lowest BCUT2D eigenvalue weighted by molar-refractivity contribution is -0.166. The third kappa shape index (κ3) is 37.4. The second-order valence-electron chi connectivity index (χ2n) is 20.4. The SMILES string of the molecule is CN=C(C)CCC(=O)OCC(COC(=O)CCC(C)=NCC(=O)CC(O)(CC(=O)CN=C(C)CCC(=O)OCC(COC(=O)CCC(C)=NCC(=O)CC(O)(CC(=O)CNC)C(=O)NN)OC(=O)CCC(C)=NC)C(=O)NN)OC(=O)CCC(C)=NC. The molecule has 0 aliphatic rings. The second-order valence-corrected chi connectivity index (χ2v) is 20.4. The van der Waals surface area contributed by atoms with Gasteiger partial charge in [-0.2, -0.15) is 0 Å². The molecule has 0 fully saturated rings. The number of carbonyl (C=O) groups excluding carboxylic acids is 12. The number of hydrazine groups is 2. The zero-order valence-electron chi connectivity index (χ0n) is 51.7. The molecular weight excluding hydrogens is 1150 g/mol. The van der Waals surface area contributed by atoms with Gasteiger partial charge < -0.3 is 44.0 Å². The Hall–Kier alpha value is -7.74. The number of hydrogen-bond donors (Lipinski definition) is 7. The molecule has 9 N–H and O–H groups in total. The monoisotopic (exact) mass is 1240 g/mol. The number of amides is 2. The average Bonchev–Trinajstić information content (AvgIpc) is 3.69. The van der Waals surface area contributed by atoms with E-state index in [4.69, 9.17) is 40.1 Å². The Kier molecular flexibility index (Phi) is 39.9. The standard InChI is InChI=1S/C56H89N11O20/c1-35(60-8)11-17-47(72)82-31-45(86-51(76)21-12-36(2)61-9)32-83-48(73)19-15-39(5)64-29-43(70)25-56(81,54(79)67-58)26-44(71)30-65-40(6)16-20-50(75)85-34-46(87-52(77)22-13-37(3)62-10)33-84-49(74)18-14-38(4)63-28-42(69)24-55(80,53(78)66-57)23-41(68)27-59-7/h45-46,59,80-81H,11-34,57-58H2,1-10H3,(H,66,78)(H,67,79). The molecule has 0 aliphatic carbocycles. The molecule has 488 valence electrons. The van der Waals surface area contributed by atoms with Crippen LogP contribution in [0, 0.1) is 0 Å². The van der Waals surface area contributed by atoms with E-state index >= 15 is 0 Å². The third-order valence-corrected chi connectivity index (χ3v) is 12.6. The van der Waals surface area contributed by atoms with Gasteiger partial charge in [-0.3, -0.25) is 98.3 Å². The molecule has 0 aromatic rings. The number of esters is 6. The number of nitrogens with zero attached hydrogens (tertiary/aromatic N) is 6. The zero-order valence-corrected chi connectivity index (χ0v) is 51.7. The number of nitrogens with one attached hydrogen (secondary N) is 3. The summed E-state index contributed by atoms with van der Waals surface area (Å²) in [5, 5.41) is 24.5. The summed E-state index contributed by atoms with van der Waals surface area (Å²) in [5.41, 5.74) is 1.50. The smallest absolute Gasteiger partial charge is 0.306 e. The quantitative estimate of drug-likeness (QED) is 0.0104. The third-order valence-electron chi connectivity index (χ3n) is 12.6. The molecule has 0 radical (unpaired) electrons. The first kappa shape index (κ1) is 79.3. The molecule has 31 nitrogen and oxygen atoms in total. The summed E-state index contributed by atoms with van der Waals surface area (Å²) in [6.07, 6.45) is -5.40. The van der Waals surface area contributed by atoms with Crippen molar-refractivity contribution in [2.45, 2.75) is 168 Å². The van der Waals surface area contributed by atoms with Crippen LogP contribution in [0.3, 0.4) is 0 Å². The van der Waals surface area contributed by atoms with Gasteiger partial charge in [-0.25, -0.2) is 11.7 Å². The van der Waals surface area contributed by atoms with Crippen molar-refractivity contribution in [2.24, 2.45) is 41.6 Å². The number of hydrogen-bond acceptors (Lipinski definition) is 29. The van der Waals surface area contributed by atoms with Gasteiger partial charge in [0.05, 0.1) is 64.7 Å². The number of carbonyl (C=O) groups is 12. The molecule has 0 aromatic heterocycles. The average molecular weight is 1240 g/mol. The van der Waals surface area contributed by atoms with E-state index in [1.54, 1.807) is 52.8 Å². The first-order valence-electron chi connectivity index (χ1n) is 27.9. The van der Waals surface area contributed by atoms with Gasteiger partial charge in [0.25, 0.3) is 11.8 Å². The summed E-state index contributed by atoms with van der Waals surface area (Å²) in [6, 6.07) is 0. The topological polar surface area (TPSA) is 463 Å². The van der Waals surface area contributed by atoms with Crippen molar-refractivity contribution in [1.82, 2.24) is 16.2 Å². The first-order chi connectivity index (χ1) is 41.0. The minimum absolute atomic E-state index is 0.0107. The highest BCUT2D eigenvalue weighted by molar-refractivity contribution is 5.99. The summed E-state index contributed by atoms with van der Waals surface area (Å²) in [4.78, 5) is 176. The first-order valence-corrected chi connectivity index (χ1v) is 27.9. The Morgan fingerprint density at radius 1 is 0.391 bits per heavy atom. The molecule has 0 spiro atoms. The summed E-state index contributed by atoms with van der Waals surface area (Å²) in [5.74, 6) is 1.09. The van der Waals surface area contributed by atoms with Crippen LogP contribution in [-0.2, 0) is 86.0 Å². The predicted octanol–water partition coefficient (Wildman–Crippen LogP) is -0.183. The molecule has 4 atom stereocenters. The van der Waals surface area contributed by atoms with Crippen LogP contribution < -0.4 is 27.9 Å². The largest absolute Gasteiger partial charge is 0.462 e. The van der Waals surface area contributed by atoms with E-state index in [1.165, 1.54) is 27.8 Å². The van der Waals surface area contributed by atoms with E-state index in [0.717, 1.165) is 5.71 Å². The van der Waals surface area contributed by atoms with Gasteiger partial charge in [-0.15, -0.1) is 0 Å². The van der Waals surface area contributed by atoms with E-state index in [9.17, 15) is 67.7 Å². The Morgan fingerprint density at radius 2 is 0.632 bits per heavy atom. The van der Waals surface area contributed by atoms with Gasteiger partial charge >= 0.3 is 35.8 Å². The molecule has 0 rings (SSSR count). The van der Waals surface area contributed by atoms with Crippen molar-refractivity contribution < 1.29 is 96.2 Å². The van der Waals surface area contributed by atoms with Gasteiger partial charge in [-0.1, -0.05) is 0 Å². The van der Waals surface area contributed by atoms with Crippen molar-refractivity contribution in [2.75, 3.05) is 80.8 Å². The van der Waals surface area contributed by atoms with Crippen LogP contribution in [0.5, 0.6) is 0 Å². The van der Waals surface area contributed by atoms with Crippen molar-refractivity contribution in [3.63, 3.8) is 0 Å². The molecule has 0 aromatic carbocycles. The molecule has 2 amide bonds. The Bertz CT molecular complexity index is 2560. The number of aliphatic hydroxyl groups is 2. The lowest BCUT2D eigenvalue weighted by atomic mass is 9.90. The van der Waals surface area contributed by atoms with Crippen molar-refractivity contribution in [3.05, 3.63) is 0 Å². The van der Waals surface area contributed by atoms with Gasteiger partial charge in [-0.05, 0) is 87.1 Å². The minimum atomic E-state index is -2.60. The number of rotatable bonds is 46. The van der Waals surface area contributed by atoms with Crippen LogP contribution in [0.25, 0.3) is 0 Å². The van der Waals surface area contributed by atoms with Crippen molar-refractivity contribution in [3.8, 4) is 0 Å². The number of ketones is 4. The Labute approximate surface area is 506 Å². The van der Waals surface area contributed by atoms with Crippen LogP contribution >= 0.6 is 0 Å². The zero-order chi connectivity index (χ0) is 66.1. The van der Waals surface area contributed by atoms with E-state index in [2.05, 4.69) is 35.3 Å². The van der Waals surface area contributed by atoms with Gasteiger partial charge in [0.15, 0.2) is 40.8 Å². The van der Waals surface area contributed by atoms with Crippen LogP contribution in [0.2, 0.25) is 0 Å². The number of likely N-dealkylation sites (N-methyl/N-ethyl adjacent to an activating group) is 1. The predicted molar refractivity (Wildman–Crippen MR) is 317 cm³/mol. The lowest BCUT2D eigenvalue weighted by Gasteiger charge is -2.24. The van der Waals surface area contributed by atoms with Crippen LogP contribution in [-0.4, -0.2) is 219 Å². The Balaban J connectivity index is 5.47. The fourth-order valence-corrected chi connectivity index (χ4v) is 7.14. The van der Waals surface area contributed by atoms with Crippen LogP contribution in [0.15, 0.2) is 30.0 Å². The van der Waals surface area contributed by atoms with E-state index in [1.807, 2.05) is 0 Å². The Morgan fingerprint density at radius 3 is 0.874 bits per heavy atom. The summed E-state index contributed by atoms with van der Waals surface area (Å²) >= 11 is 0. The molecule has 0 aliphatic heterocycles. The van der Waals surface area contributed by atoms with Crippen molar-refractivity contribution >= 4 is 105 Å². The highest BCUT2D eigenvalue weighted by Gasteiger charge is 2.41. The number of Topliss-reactive ketones (excluding diaryl/α,β-unsaturated/α-hetero) is 4. The molecule has 4 unspecified atom stereocenters. The summed E-state index contributed by atoms with van der Waals surface area (Å²) in [6.45, 7) is 6.11.